The third-order valence-corrected chi connectivity index (χ3v) is 4.53. The van der Waals surface area contributed by atoms with E-state index in [1.807, 2.05) is 18.2 Å². The van der Waals surface area contributed by atoms with Gasteiger partial charge in [0.25, 0.3) is 5.91 Å². The molecule has 2 aromatic rings. The molecular formula is C16H17N5O3. The Hall–Kier alpha value is -2.87. The minimum atomic E-state index is -0.421. The number of carbonyl (C=O) groups excluding carboxylic acids is 1. The lowest BCUT2D eigenvalue weighted by atomic mass is 9.72. The van der Waals surface area contributed by atoms with Gasteiger partial charge < -0.3 is 14.8 Å². The van der Waals surface area contributed by atoms with Crippen LogP contribution >= 0.6 is 0 Å². The molecule has 4 N–H and O–H groups in total. The maximum atomic E-state index is 11.4. The number of benzene rings is 1. The number of nitrogens with zero attached hydrogens (tertiary/aromatic N) is 2. The van der Waals surface area contributed by atoms with E-state index in [0.717, 1.165) is 36.3 Å². The molecule has 0 bridgehead atoms. The Balaban J connectivity index is 1.58. The molecule has 24 heavy (non-hydrogen) atoms. The summed E-state index contributed by atoms with van der Waals surface area (Å²) in [6, 6.07) is 5.97. The first-order chi connectivity index (χ1) is 11.7. The summed E-state index contributed by atoms with van der Waals surface area (Å²) in [4.78, 5) is 19.9. The molecule has 4 rings (SSSR count). The Labute approximate surface area is 138 Å². The smallest absolute Gasteiger partial charge is 0.268 e. The highest BCUT2D eigenvalue weighted by molar-refractivity contribution is 5.93. The van der Waals surface area contributed by atoms with Gasteiger partial charge in [-0.1, -0.05) is 6.07 Å². The maximum absolute atomic E-state index is 11.4. The number of hydrogen-bond acceptors (Lipinski definition) is 7. The van der Waals surface area contributed by atoms with Gasteiger partial charge in [-0.3, -0.25) is 10.2 Å². The molecule has 0 unspecified atom stereocenters. The Morgan fingerprint density at radius 2 is 1.92 bits per heavy atom. The summed E-state index contributed by atoms with van der Waals surface area (Å²) in [6.07, 6.45) is 5.96. The highest BCUT2D eigenvalue weighted by atomic mass is 16.7. The monoisotopic (exact) mass is 327 g/mol. The van der Waals surface area contributed by atoms with Crippen molar-refractivity contribution in [3.63, 3.8) is 0 Å². The molecule has 0 saturated heterocycles. The molecular weight excluding hydrogens is 310 g/mol. The first-order valence-corrected chi connectivity index (χ1v) is 7.71. The first kappa shape index (κ1) is 14.7. The van der Waals surface area contributed by atoms with Crippen LogP contribution in [0.1, 0.15) is 35.2 Å². The summed E-state index contributed by atoms with van der Waals surface area (Å²) in [5.41, 5.74) is 3.26. The van der Waals surface area contributed by atoms with E-state index in [9.17, 15) is 4.79 Å². The fourth-order valence-electron chi connectivity index (χ4n) is 3.02. The summed E-state index contributed by atoms with van der Waals surface area (Å²) in [5, 5.41) is 3.40. The van der Waals surface area contributed by atoms with Gasteiger partial charge in [-0.25, -0.2) is 15.8 Å². The maximum Gasteiger partial charge on any atom is 0.268 e. The Bertz CT molecular complexity index is 774. The van der Waals surface area contributed by atoms with Gasteiger partial charge >= 0.3 is 0 Å². The Morgan fingerprint density at radius 1 is 1.17 bits per heavy atom. The van der Waals surface area contributed by atoms with Crippen molar-refractivity contribution in [1.29, 1.82) is 0 Å². The number of nitrogens with one attached hydrogen (secondary N) is 2. The van der Waals surface area contributed by atoms with Crippen molar-refractivity contribution in [2.75, 3.05) is 12.1 Å². The molecule has 1 aliphatic carbocycles. The molecule has 2 aliphatic rings. The van der Waals surface area contributed by atoms with E-state index in [1.165, 1.54) is 12.4 Å². The summed E-state index contributed by atoms with van der Waals surface area (Å²) in [7, 11) is 0. The normalized spacial score (nSPS) is 17.0. The lowest BCUT2D eigenvalue weighted by Gasteiger charge is -2.43. The number of amides is 1. The number of ether oxygens (including phenoxy) is 2. The number of hydrogen-bond donors (Lipinski definition) is 3. The molecule has 0 spiro atoms. The van der Waals surface area contributed by atoms with Gasteiger partial charge in [0.05, 0.1) is 11.1 Å². The number of nitrogen functional groups attached to an aromatic ring is 1. The zero-order chi connectivity index (χ0) is 16.6. The fourth-order valence-corrected chi connectivity index (χ4v) is 3.02. The van der Waals surface area contributed by atoms with Crippen molar-refractivity contribution in [1.82, 2.24) is 15.4 Å². The average Bonchev–Trinajstić information content (AvgIpc) is 3.05. The zero-order valence-electron chi connectivity index (χ0n) is 12.9. The van der Waals surface area contributed by atoms with E-state index < -0.39 is 5.91 Å². The van der Waals surface area contributed by atoms with Gasteiger partial charge in [0.2, 0.25) is 12.7 Å². The van der Waals surface area contributed by atoms with Crippen molar-refractivity contribution in [2.24, 2.45) is 5.84 Å². The minimum Gasteiger partial charge on any atom is -0.454 e. The van der Waals surface area contributed by atoms with Crippen molar-refractivity contribution in [2.45, 2.75) is 24.8 Å². The zero-order valence-corrected chi connectivity index (χ0v) is 12.9. The summed E-state index contributed by atoms with van der Waals surface area (Å²) < 4.78 is 10.8. The van der Waals surface area contributed by atoms with Gasteiger partial charge in [0, 0.05) is 12.4 Å². The largest absolute Gasteiger partial charge is 0.454 e. The van der Waals surface area contributed by atoms with E-state index in [2.05, 4.69) is 20.7 Å². The molecule has 1 aliphatic heterocycles. The third kappa shape index (κ3) is 2.41. The molecule has 0 radical (unpaired) electrons. The van der Waals surface area contributed by atoms with E-state index in [1.54, 1.807) is 0 Å². The van der Waals surface area contributed by atoms with E-state index in [0.29, 0.717) is 11.5 Å². The van der Waals surface area contributed by atoms with Gasteiger partial charge in [0.15, 0.2) is 11.5 Å². The average molecular weight is 327 g/mol. The van der Waals surface area contributed by atoms with Crippen LogP contribution in [0.15, 0.2) is 30.6 Å². The number of rotatable bonds is 4. The Kier molecular flexibility index (Phi) is 3.46. The topological polar surface area (TPSA) is 111 Å². The van der Waals surface area contributed by atoms with E-state index in [-0.39, 0.29) is 12.3 Å². The predicted octanol–water partition coefficient (Wildman–Crippen LogP) is 1.30. The highest BCUT2D eigenvalue weighted by Gasteiger charge is 2.40. The van der Waals surface area contributed by atoms with Crippen LogP contribution in [0, 0.1) is 0 Å². The van der Waals surface area contributed by atoms with Crippen LogP contribution < -0.4 is 26.1 Å². The lowest BCUT2D eigenvalue weighted by Crippen LogP contribution is -2.42. The van der Waals surface area contributed by atoms with Crippen LogP contribution in [-0.2, 0) is 5.54 Å². The summed E-state index contributed by atoms with van der Waals surface area (Å²) in [5.74, 6) is 6.68. The number of aromatic nitrogens is 2. The Morgan fingerprint density at radius 3 is 2.58 bits per heavy atom. The molecule has 1 amide bonds. The van der Waals surface area contributed by atoms with E-state index in [4.69, 9.17) is 15.3 Å². The number of carbonyl (C=O) groups is 1. The first-order valence-electron chi connectivity index (χ1n) is 7.71. The number of hydrazine groups is 1. The molecule has 8 nitrogen and oxygen atoms in total. The standard InChI is InChI=1S/C16H17N5O3/c17-21-14(22)10-7-18-15(19-8-10)20-16(4-1-5-16)11-2-3-12-13(6-11)24-9-23-12/h2-3,6-8H,1,4-5,9,17H2,(H,21,22)(H,18,19,20). The van der Waals surface area contributed by atoms with Gasteiger partial charge in [-0.15, -0.1) is 0 Å². The lowest BCUT2D eigenvalue weighted by molar-refractivity contribution is 0.0953. The van der Waals surface area contributed by atoms with Gasteiger partial charge in [0.1, 0.15) is 0 Å². The van der Waals surface area contributed by atoms with Crippen LogP contribution in [0.4, 0.5) is 5.95 Å². The summed E-state index contributed by atoms with van der Waals surface area (Å²) in [6.45, 7) is 0.257. The van der Waals surface area contributed by atoms with Gasteiger partial charge in [-0.2, -0.15) is 0 Å². The molecule has 8 heteroatoms. The minimum absolute atomic E-state index is 0.224. The van der Waals surface area contributed by atoms with Crippen LogP contribution in [0.3, 0.4) is 0 Å². The molecule has 1 aromatic carbocycles. The molecule has 1 saturated carbocycles. The molecule has 1 fully saturated rings. The third-order valence-electron chi connectivity index (χ3n) is 4.53. The van der Waals surface area contributed by atoms with Crippen LogP contribution in [0.25, 0.3) is 0 Å². The van der Waals surface area contributed by atoms with Gasteiger partial charge in [-0.05, 0) is 37.0 Å². The second-order valence-electron chi connectivity index (χ2n) is 5.90. The van der Waals surface area contributed by atoms with Crippen LogP contribution in [0.5, 0.6) is 11.5 Å². The van der Waals surface area contributed by atoms with Crippen molar-refractivity contribution in [3.05, 3.63) is 41.7 Å². The predicted molar refractivity (Wildman–Crippen MR) is 85.4 cm³/mol. The molecule has 2 heterocycles. The number of fused-ring (bicyclic) bond motifs is 1. The van der Waals surface area contributed by atoms with Crippen LogP contribution in [-0.4, -0.2) is 22.7 Å². The highest BCUT2D eigenvalue weighted by Crippen LogP contribution is 2.46. The molecule has 0 atom stereocenters. The summed E-state index contributed by atoms with van der Waals surface area (Å²) >= 11 is 0. The van der Waals surface area contributed by atoms with Crippen LogP contribution in [0.2, 0.25) is 0 Å². The molecule has 124 valence electrons. The van der Waals surface area contributed by atoms with E-state index >= 15 is 0 Å². The van der Waals surface area contributed by atoms with Crippen molar-refractivity contribution >= 4 is 11.9 Å². The fraction of sp³-hybridized carbons (Fsp3) is 0.312. The van der Waals surface area contributed by atoms with Crippen molar-refractivity contribution in [3.8, 4) is 11.5 Å². The second-order valence-corrected chi connectivity index (χ2v) is 5.90. The number of anilines is 1. The quantitative estimate of drug-likeness (QED) is 0.441. The number of nitrogens with two attached hydrogens (primary N) is 1. The molecule has 1 aromatic heterocycles. The second kappa shape index (κ2) is 5.64. The van der Waals surface area contributed by atoms with Crippen molar-refractivity contribution < 1.29 is 14.3 Å². The SMILES string of the molecule is NNC(=O)c1cnc(NC2(c3ccc4c(c3)OCO4)CCC2)nc1.